The van der Waals surface area contributed by atoms with E-state index < -0.39 is 11.8 Å². The van der Waals surface area contributed by atoms with E-state index in [9.17, 15) is 9.59 Å². The Morgan fingerprint density at radius 1 is 1.00 bits per heavy atom. The van der Waals surface area contributed by atoms with Crippen molar-refractivity contribution in [2.45, 2.75) is 13.8 Å². The second-order valence-electron chi connectivity index (χ2n) is 6.54. The van der Waals surface area contributed by atoms with Crippen LogP contribution in [-0.2, 0) is 4.79 Å². The average Bonchev–Trinajstić information content (AvgIpc) is 2.70. The number of nitrogens with one attached hydrogen (secondary N) is 3. The summed E-state index contributed by atoms with van der Waals surface area (Å²) in [6.07, 6.45) is 0. The van der Waals surface area contributed by atoms with Crippen LogP contribution in [0.4, 0.5) is 0 Å². The summed E-state index contributed by atoms with van der Waals surface area (Å²) in [6, 6.07) is 12.2. The number of carbonyl (C=O) groups excluding carboxylic acids is 2. The van der Waals surface area contributed by atoms with E-state index in [1.54, 1.807) is 42.5 Å². The Morgan fingerprint density at radius 2 is 1.67 bits per heavy atom. The van der Waals surface area contributed by atoms with Crippen molar-refractivity contribution in [1.29, 1.82) is 0 Å². The number of hydrogen-bond acceptors (Lipinski definition) is 5. The second kappa shape index (κ2) is 11.9. The molecule has 0 fully saturated rings. The van der Waals surface area contributed by atoms with Gasteiger partial charge in [-0.15, -0.1) is 0 Å². The highest BCUT2D eigenvalue weighted by atomic mass is 79.9. The molecule has 0 aliphatic carbocycles. The number of rotatable bonds is 7. The van der Waals surface area contributed by atoms with E-state index in [0.29, 0.717) is 29.6 Å². The molecule has 0 saturated carbocycles. The lowest BCUT2D eigenvalue weighted by Crippen LogP contribution is -2.49. The average molecular weight is 559 g/mol. The molecule has 0 heterocycles. The molecule has 0 atom stereocenters. The number of carbonyl (C=O) groups is 2. The van der Waals surface area contributed by atoms with Gasteiger partial charge in [-0.25, -0.2) is 0 Å². The Morgan fingerprint density at radius 3 is 2.33 bits per heavy atom. The van der Waals surface area contributed by atoms with E-state index in [-0.39, 0.29) is 11.7 Å². The fraction of sp³-hybridized carbons (Fsp3) is 0.250. The van der Waals surface area contributed by atoms with Gasteiger partial charge in [-0.3, -0.25) is 25.8 Å². The lowest BCUT2D eigenvalue weighted by molar-refractivity contribution is -0.123. The summed E-state index contributed by atoms with van der Waals surface area (Å²) in [7, 11) is 0. The summed E-state index contributed by atoms with van der Waals surface area (Å²) in [6.45, 7) is 4.28. The van der Waals surface area contributed by atoms with E-state index in [1.165, 1.54) is 0 Å². The van der Waals surface area contributed by atoms with Crippen LogP contribution >= 0.6 is 44.1 Å². The Balaban J connectivity index is 1.84. The van der Waals surface area contributed by atoms with E-state index in [2.05, 4.69) is 48.0 Å². The van der Waals surface area contributed by atoms with Gasteiger partial charge in [0.05, 0.1) is 12.2 Å². The van der Waals surface area contributed by atoms with Gasteiger partial charge >= 0.3 is 0 Å². The summed E-state index contributed by atoms with van der Waals surface area (Å²) in [5.74, 6) is 0.375. The lowest BCUT2D eigenvalue weighted by Gasteiger charge is -2.15. The molecule has 0 aromatic heterocycles. The topological polar surface area (TPSA) is 88.7 Å². The first-order valence-corrected chi connectivity index (χ1v) is 10.9. The zero-order valence-corrected chi connectivity index (χ0v) is 20.3. The van der Waals surface area contributed by atoms with Crippen LogP contribution in [0.15, 0.2) is 51.4 Å². The molecule has 0 saturated heterocycles. The van der Waals surface area contributed by atoms with Crippen molar-refractivity contribution in [2.24, 2.45) is 5.92 Å². The van der Waals surface area contributed by atoms with Gasteiger partial charge in [0, 0.05) is 8.95 Å². The summed E-state index contributed by atoms with van der Waals surface area (Å²) in [5.41, 5.74) is 5.16. The summed E-state index contributed by atoms with van der Waals surface area (Å²) >= 11 is 11.7. The van der Waals surface area contributed by atoms with Crippen LogP contribution in [0.2, 0.25) is 0 Å². The van der Waals surface area contributed by atoms with Crippen molar-refractivity contribution >= 4 is 61.0 Å². The number of benzene rings is 2. The van der Waals surface area contributed by atoms with Crippen molar-refractivity contribution in [3.05, 3.63) is 57.0 Å². The highest BCUT2D eigenvalue weighted by Crippen LogP contribution is 2.24. The van der Waals surface area contributed by atoms with Crippen molar-refractivity contribution in [3.8, 4) is 11.5 Å². The van der Waals surface area contributed by atoms with Gasteiger partial charge in [0.2, 0.25) is 0 Å². The zero-order chi connectivity index (χ0) is 22.1. The SMILES string of the molecule is CC(C)COc1ccc(Br)cc1C(=O)NC(=S)NNC(=O)COc1ccc(Br)cc1. The smallest absolute Gasteiger partial charge is 0.276 e. The van der Waals surface area contributed by atoms with Gasteiger partial charge < -0.3 is 9.47 Å². The molecule has 0 radical (unpaired) electrons. The number of hydrogen-bond donors (Lipinski definition) is 3. The summed E-state index contributed by atoms with van der Waals surface area (Å²) in [4.78, 5) is 24.5. The maximum absolute atomic E-state index is 12.6. The summed E-state index contributed by atoms with van der Waals surface area (Å²) in [5, 5.41) is 2.44. The molecule has 0 unspecified atom stereocenters. The molecule has 160 valence electrons. The van der Waals surface area contributed by atoms with Crippen LogP contribution in [0.3, 0.4) is 0 Å². The first kappa shape index (κ1) is 24.1. The number of thiocarbonyl (C=S) groups is 1. The predicted octanol–water partition coefficient (Wildman–Crippen LogP) is 3.96. The maximum Gasteiger partial charge on any atom is 0.276 e. The number of hydrazine groups is 1. The molecular formula is C20H21Br2N3O4S. The van der Waals surface area contributed by atoms with E-state index >= 15 is 0 Å². The molecule has 2 amide bonds. The predicted molar refractivity (Wildman–Crippen MR) is 125 cm³/mol. The Bertz CT molecular complexity index is 907. The molecule has 0 aliphatic heterocycles. The third kappa shape index (κ3) is 8.29. The quantitative estimate of drug-likeness (QED) is 0.352. The molecule has 0 aliphatic rings. The van der Waals surface area contributed by atoms with Crippen LogP contribution in [0, 0.1) is 5.92 Å². The van der Waals surface area contributed by atoms with Crippen molar-refractivity contribution < 1.29 is 19.1 Å². The Hall–Kier alpha value is -2.17. The van der Waals surface area contributed by atoms with Crippen LogP contribution in [0.5, 0.6) is 11.5 Å². The molecule has 10 heteroatoms. The van der Waals surface area contributed by atoms with Gasteiger partial charge in [0.15, 0.2) is 11.7 Å². The van der Waals surface area contributed by atoms with Crippen LogP contribution < -0.4 is 25.6 Å². The maximum atomic E-state index is 12.6. The Labute approximate surface area is 197 Å². The molecular weight excluding hydrogens is 538 g/mol. The molecule has 7 nitrogen and oxygen atoms in total. The lowest BCUT2D eigenvalue weighted by atomic mass is 10.2. The standard InChI is InChI=1S/C20H21Br2N3O4S/c1-12(2)10-29-17-8-5-14(22)9-16(17)19(27)23-20(30)25-24-18(26)11-28-15-6-3-13(21)4-7-15/h3-9,12H,10-11H2,1-2H3,(H,24,26)(H2,23,25,27,30). The van der Waals surface area contributed by atoms with Gasteiger partial charge in [0.25, 0.3) is 11.8 Å². The van der Waals surface area contributed by atoms with Crippen molar-refractivity contribution in [3.63, 3.8) is 0 Å². The molecule has 3 N–H and O–H groups in total. The van der Waals surface area contributed by atoms with E-state index in [4.69, 9.17) is 21.7 Å². The van der Waals surface area contributed by atoms with Crippen LogP contribution in [0.1, 0.15) is 24.2 Å². The highest BCUT2D eigenvalue weighted by Gasteiger charge is 2.15. The minimum atomic E-state index is -0.465. The Kier molecular flexibility index (Phi) is 9.54. The third-order valence-electron chi connectivity index (χ3n) is 3.48. The zero-order valence-electron chi connectivity index (χ0n) is 16.3. The molecule has 0 spiro atoms. The normalized spacial score (nSPS) is 10.3. The minimum Gasteiger partial charge on any atom is -0.492 e. The molecule has 2 aromatic rings. The third-order valence-corrected chi connectivity index (χ3v) is 4.71. The van der Waals surface area contributed by atoms with Crippen molar-refractivity contribution in [1.82, 2.24) is 16.2 Å². The largest absolute Gasteiger partial charge is 0.492 e. The first-order chi connectivity index (χ1) is 14.2. The fourth-order valence-corrected chi connectivity index (χ4v) is 2.88. The minimum absolute atomic E-state index is 0.0632. The van der Waals surface area contributed by atoms with Gasteiger partial charge in [-0.05, 0) is 60.6 Å². The number of ether oxygens (including phenoxy) is 2. The number of halogens is 2. The second-order valence-corrected chi connectivity index (χ2v) is 8.78. The highest BCUT2D eigenvalue weighted by molar-refractivity contribution is 9.10. The van der Waals surface area contributed by atoms with Crippen LogP contribution in [-0.4, -0.2) is 30.1 Å². The van der Waals surface area contributed by atoms with Gasteiger partial charge in [-0.2, -0.15) is 0 Å². The van der Waals surface area contributed by atoms with E-state index in [1.807, 2.05) is 13.8 Å². The van der Waals surface area contributed by atoms with Gasteiger partial charge in [-0.1, -0.05) is 45.7 Å². The molecule has 30 heavy (non-hydrogen) atoms. The van der Waals surface area contributed by atoms with E-state index in [0.717, 1.165) is 8.95 Å². The monoisotopic (exact) mass is 557 g/mol. The van der Waals surface area contributed by atoms with Gasteiger partial charge in [0.1, 0.15) is 11.5 Å². The molecule has 2 rings (SSSR count). The first-order valence-electron chi connectivity index (χ1n) is 8.95. The molecule has 0 bridgehead atoms. The summed E-state index contributed by atoms with van der Waals surface area (Å²) < 4.78 is 12.7. The fourth-order valence-electron chi connectivity index (χ4n) is 2.11. The van der Waals surface area contributed by atoms with Crippen molar-refractivity contribution in [2.75, 3.05) is 13.2 Å². The molecule has 2 aromatic carbocycles. The number of amides is 2. The van der Waals surface area contributed by atoms with Crippen LogP contribution in [0.25, 0.3) is 0 Å².